The number of hydrogen-bond donors (Lipinski definition) is 1. The van der Waals surface area contributed by atoms with Crippen LogP contribution < -0.4 is 4.72 Å². The summed E-state index contributed by atoms with van der Waals surface area (Å²) in [5, 5.41) is -0.728. The van der Waals surface area contributed by atoms with Crippen molar-refractivity contribution < 1.29 is 12.8 Å². The molecule has 0 saturated carbocycles. The zero-order valence-corrected chi connectivity index (χ0v) is 10.2. The van der Waals surface area contributed by atoms with Crippen LogP contribution in [0.25, 0.3) is 0 Å². The molecule has 0 aliphatic rings. The van der Waals surface area contributed by atoms with Gasteiger partial charge in [-0.3, -0.25) is 0 Å². The topological polar surface area (TPSA) is 59.1 Å². The first kappa shape index (κ1) is 13.3. The molecule has 0 bridgehead atoms. The molecule has 1 aromatic rings. The highest BCUT2D eigenvalue weighted by Gasteiger charge is 2.19. The van der Waals surface area contributed by atoms with Crippen LogP contribution in [0.3, 0.4) is 0 Å². The molecule has 0 aromatic carbocycles. The Morgan fingerprint density at radius 2 is 2.31 bits per heavy atom. The van der Waals surface area contributed by atoms with Gasteiger partial charge in [-0.05, 0) is 25.5 Å². The van der Waals surface area contributed by atoms with E-state index in [-0.39, 0.29) is 11.9 Å². The van der Waals surface area contributed by atoms with Crippen LogP contribution in [0.2, 0.25) is 0 Å². The molecule has 1 heterocycles. The molecular formula is C9H12ClFN2O2S. The second-order valence-corrected chi connectivity index (χ2v) is 5.68. The van der Waals surface area contributed by atoms with E-state index in [1.54, 1.807) is 6.92 Å². The molecule has 1 aromatic heterocycles. The fourth-order valence-corrected chi connectivity index (χ4v) is 2.19. The SMILES string of the molecule is CC(Cl)CCNS(=O)(=O)c1ncccc1F. The van der Waals surface area contributed by atoms with Gasteiger partial charge in [-0.25, -0.2) is 22.5 Å². The molecule has 1 unspecified atom stereocenters. The van der Waals surface area contributed by atoms with E-state index < -0.39 is 20.9 Å². The number of pyridine rings is 1. The second-order valence-electron chi connectivity index (χ2n) is 3.26. The maximum atomic E-state index is 13.2. The summed E-state index contributed by atoms with van der Waals surface area (Å²) < 4.78 is 38.6. The summed E-state index contributed by atoms with van der Waals surface area (Å²) in [6.45, 7) is 1.90. The molecule has 7 heteroatoms. The Hall–Kier alpha value is -0.720. The molecule has 1 atom stereocenters. The van der Waals surface area contributed by atoms with Crippen LogP contribution in [0.4, 0.5) is 4.39 Å². The van der Waals surface area contributed by atoms with E-state index in [0.29, 0.717) is 6.42 Å². The number of nitrogens with zero attached hydrogens (tertiary/aromatic N) is 1. The smallest absolute Gasteiger partial charge is 0.241 e. The Morgan fingerprint density at radius 3 is 2.88 bits per heavy atom. The monoisotopic (exact) mass is 266 g/mol. The first-order chi connectivity index (χ1) is 7.43. The molecule has 0 aliphatic heterocycles. The van der Waals surface area contributed by atoms with Crippen molar-refractivity contribution in [3.63, 3.8) is 0 Å². The number of nitrogens with one attached hydrogen (secondary N) is 1. The highest BCUT2D eigenvalue weighted by molar-refractivity contribution is 7.89. The molecule has 0 saturated heterocycles. The number of aromatic nitrogens is 1. The van der Waals surface area contributed by atoms with Crippen LogP contribution >= 0.6 is 11.6 Å². The lowest BCUT2D eigenvalue weighted by Crippen LogP contribution is -2.27. The minimum Gasteiger partial charge on any atom is -0.241 e. The van der Waals surface area contributed by atoms with Crippen molar-refractivity contribution in [2.24, 2.45) is 0 Å². The van der Waals surface area contributed by atoms with Gasteiger partial charge >= 0.3 is 0 Å². The Bertz CT molecular complexity index is 451. The van der Waals surface area contributed by atoms with Crippen LogP contribution in [0.15, 0.2) is 23.4 Å². The van der Waals surface area contributed by atoms with E-state index in [1.807, 2.05) is 0 Å². The van der Waals surface area contributed by atoms with E-state index in [0.717, 1.165) is 6.07 Å². The fraction of sp³-hybridized carbons (Fsp3) is 0.444. The van der Waals surface area contributed by atoms with Crippen molar-refractivity contribution in [2.75, 3.05) is 6.54 Å². The average Bonchev–Trinajstić information content (AvgIpc) is 2.17. The van der Waals surface area contributed by atoms with E-state index in [9.17, 15) is 12.8 Å². The van der Waals surface area contributed by atoms with Crippen molar-refractivity contribution in [2.45, 2.75) is 23.7 Å². The van der Waals surface area contributed by atoms with Crippen molar-refractivity contribution in [1.82, 2.24) is 9.71 Å². The maximum Gasteiger partial charge on any atom is 0.261 e. The first-order valence-corrected chi connectivity index (χ1v) is 6.59. The largest absolute Gasteiger partial charge is 0.261 e. The van der Waals surface area contributed by atoms with Crippen molar-refractivity contribution >= 4 is 21.6 Å². The standard InChI is InChI=1S/C9H12ClFN2O2S/c1-7(10)4-6-13-16(14,15)9-8(11)3-2-5-12-9/h2-3,5,7,13H,4,6H2,1H3. The van der Waals surface area contributed by atoms with Gasteiger partial charge in [0.15, 0.2) is 5.82 Å². The normalized spacial score (nSPS) is 13.7. The third-order valence-corrected chi connectivity index (χ3v) is 3.43. The Morgan fingerprint density at radius 1 is 1.62 bits per heavy atom. The lowest BCUT2D eigenvalue weighted by molar-refractivity contribution is 0.543. The minimum atomic E-state index is -3.88. The molecule has 90 valence electrons. The minimum absolute atomic E-state index is 0.142. The average molecular weight is 267 g/mol. The molecule has 1 N–H and O–H groups in total. The van der Waals surface area contributed by atoms with Gasteiger partial charge in [0.1, 0.15) is 0 Å². The van der Waals surface area contributed by atoms with Gasteiger partial charge in [0.05, 0.1) is 0 Å². The number of hydrogen-bond acceptors (Lipinski definition) is 3. The fourth-order valence-electron chi connectivity index (χ4n) is 1.03. The highest BCUT2D eigenvalue weighted by atomic mass is 35.5. The molecule has 0 radical (unpaired) electrons. The summed E-state index contributed by atoms with van der Waals surface area (Å²) >= 11 is 5.66. The van der Waals surface area contributed by atoms with E-state index in [1.165, 1.54) is 12.3 Å². The summed E-state index contributed by atoms with van der Waals surface area (Å²) in [7, 11) is -3.88. The summed E-state index contributed by atoms with van der Waals surface area (Å²) in [5.74, 6) is -0.867. The van der Waals surface area contributed by atoms with Gasteiger partial charge in [0, 0.05) is 18.1 Å². The maximum absolute atomic E-state index is 13.2. The number of halogens is 2. The zero-order valence-electron chi connectivity index (χ0n) is 8.65. The predicted molar refractivity (Wildman–Crippen MR) is 59.3 cm³/mol. The molecule has 16 heavy (non-hydrogen) atoms. The van der Waals surface area contributed by atoms with Crippen molar-refractivity contribution in [1.29, 1.82) is 0 Å². The molecule has 0 fully saturated rings. The zero-order chi connectivity index (χ0) is 12.2. The summed E-state index contributed by atoms with van der Waals surface area (Å²) in [5.41, 5.74) is 0. The van der Waals surface area contributed by atoms with Gasteiger partial charge in [0.2, 0.25) is 5.03 Å². The van der Waals surface area contributed by atoms with Crippen LogP contribution in [-0.2, 0) is 10.0 Å². The first-order valence-electron chi connectivity index (χ1n) is 4.68. The van der Waals surface area contributed by atoms with Crippen LogP contribution in [-0.4, -0.2) is 25.3 Å². The Kier molecular flexibility index (Phi) is 4.64. The third kappa shape index (κ3) is 3.70. The van der Waals surface area contributed by atoms with Crippen LogP contribution in [0.1, 0.15) is 13.3 Å². The van der Waals surface area contributed by atoms with Gasteiger partial charge < -0.3 is 0 Å². The number of rotatable bonds is 5. The number of sulfonamides is 1. The van der Waals surface area contributed by atoms with Crippen LogP contribution in [0, 0.1) is 5.82 Å². The van der Waals surface area contributed by atoms with E-state index in [4.69, 9.17) is 11.6 Å². The summed E-state index contributed by atoms with van der Waals surface area (Å²) in [4.78, 5) is 3.49. The Balaban J connectivity index is 2.75. The van der Waals surface area contributed by atoms with Crippen LogP contribution in [0.5, 0.6) is 0 Å². The van der Waals surface area contributed by atoms with Gasteiger partial charge in [0.25, 0.3) is 10.0 Å². The third-order valence-electron chi connectivity index (χ3n) is 1.81. The molecule has 0 amide bonds. The summed E-state index contributed by atoms with van der Waals surface area (Å²) in [6.07, 6.45) is 1.69. The van der Waals surface area contributed by atoms with Gasteiger partial charge in [-0.1, -0.05) is 0 Å². The molecule has 1 rings (SSSR count). The lowest BCUT2D eigenvalue weighted by Gasteiger charge is -2.07. The highest BCUT2D eigenvalue weighted by Crippen LogP contribution is 2.09. The van der Waals surface area contributed by atoms with Gasteiger partial charge in [-0.2, -0.15) is 0 Å². The molecule has 4 nitrogen and oxygen atoms in total. The van der Waals surface area contributed by atoms with Crippen molar-refractivity contribution in [3.05, 3.63) is 24.1 Å². The van der Waals surface area contributed by atoms with E-state index >= 15 is 0 Å². The predicted octanol–water partition coefficient (Wildman–Crippen LogP) is 1.52. The second kappa shape index (κ2) is 5.56. The van der Waals surface area contributed by atoms with Gasteiger partial charge in [-0.15, -0.1) is 11.6 Å². The lowest BCUT2D eigenvalue weighted by atomic mass is 10.3. The number of alkyl halides is 1. The summed E-state index contributed by atoms with van der Waals surface area (Å²) in [6, 6.07) is 2.38. The molecule has 0 aliphatic carbocycles. The molecular weight excluding hydrogens is 255 g/mol. The van der Waals surface area contributed by atoms with E-state index in [2.05, 4.69) is 9.71 Å². The quantitative estimate of drug-likeness (QED) is 0.822. The Labute approximate surface area is 98.9 Å². The van der Waals surface area contributed by atoms with Crippen molar-refractivity contribution in [3.8, 4) is 0 Å². The molecule has 0 spiro atoms.